The highest BCUT2D eigenvalue weighted by Crippen LogP contribution is 2.18. The smallest absolute Gasteiger partial charge is 0.323 e. The minimum absolute atomic E-state index is 0.273. The maximum atomic E-state index is 11.6. The zero-order valence-electron chi connectivity index (χ0n) is 11.0. The van der Waals surface area contributed by atoms with Crippen LogP contribution in [0.1, 0.15) is 12.0 Å². The van der Waals surface area contributed by atoms with E-state index in [1.54, 1.807) is 0 Å². The highest BCUT2D eigenvalue weighted by atomic mass is 16.5. The zero-order chi connectivity index (χ0) is 13.7. The van der Waals surface area contributed by atoms with E-state index in [1.807, 2.05) is 47.4 Å². The van der Waals surface area contributed by atoms with Crippen LogP contribution in [0.25, 0.3) is 6.08 Å². The van der Waals surface area contributed by atoms with Gasteiger partial charge in [-0.15, -0.1) is 0 Å². The van der Waals surface area contributed by atoms with Crippen LogP contribution in [0.3, 0.4) is 0 Å². The number of hydrogen-bond acceptors (Lipinski definition) is 4. The van der Waals surface area contributed by atoms with Crippen LogP contribution in [0.2, 0.25) is 0 Å². The molecule has 0 spiro atoms. The lowest BCUT2D eigenvalue weighted by Crippen LogP contribution is -2.36. The summed E-state index contributed by atoms with van der Waals surface area (Å²) in [6.45, 7) is 1.14. The fourth-order valence-electron chi connectivity index (χ4n) is 2.35. The number of aliphatic hydroxyl groups is 1. The number of nitrogens with zero attached hydrogens (tertiary/aromatic N) is 1. The van der Waals surface area contributed by atoms with Crippen LogP contribution in [-0.2, 0) is 9.53 Å². The molecular weight excluding hydrogens is 242 g/mol. The van der Waals surface area contributed by atoms with E-state index in [0.717, 1.165) is 5.56 Å². The number of β-amino-alcohol motifs (C(OH)–C–C–N with tert-alkyl or cyclic N) is 1. The maximum Gasteiger partial charge on any atom is 0.323 e. The molecule has 1 N–H and O–H groups in total. The molecule has 0 bridgehead atoms. The van der Waals surface area contributed by atoms with E-state index in [0.29, 0.717) is 19.5 Å². The predicted octanol–water partition coefficient (Wildman–Crippen LogP) is 1.31. The molecule has 0 radical (unpaired) electrons. The van der Waals surface area contributed by atoms with Crippen molar-refractivity contribution in [2.75, 3.05) is 20.2 Å². The van der Waals surface area contributed by atoms with Crippen molar-refractivity contribution < 1.29 is 14.6 Å². The van der Waals surface area contributed by atoms with Gasteiger partial charge in [-0.2, -0.15) is 0 Å². The molecule has 0 aliphatic carbocycles. The molecule has 1 aliphatic rings. The summed E-state index contributed by atoms with van der Waals surface area (Å²) in [4.78, 5) is 13.5. The molecule has 0 unspecified atom stereocenters. The van der Waals surface area contributed by atoms with Gasteiger partial charge in [-0.3, -0.25) is 9.69 Å². The fourth-order valence-corrected chi connectivity index (χ4v) is 2.35. The van der Waals surface area contributed by atoms with Crippen molar-refractivity contribution in [3.8, 4) is 0 Å². The highest BCUT2D eigenvalue weighted by Gasteiger charge is 2.35. The number of esters is 1. The van der Waals surface area contributed by atoms with Crippen LogP contribution < -0.4 is 0 Å². The van der Waals surface area contributed by atoms with Crippen molar-refractivity contribution in [2.24, 2.45) is 0 Å². The van der Waals surface area contributed by atoms with Crippen LogP contribution in [0, 0.1) is 0 Å². The standard InChI is InChI=1S/C15H19NO3/c1-19-15(18)14-10-13(17)11-16(14)9-5-8-12-6-3-2-4-7-12/h2-8,13-14,17H,9-11H2,1H3/b8-5+/t13-,14-/m0/s1. The zero-order valence-corrected chi connectivity index (χ0v) is 11.0. The summed E-state index contributed by atoms with van der Waals surface area (Å²) in [5.41, 5.74) is 1.12. The SMILES string of the molecule is COC(=O)[C@@H]1C[C@H](O)CN1C/C=C/c1ccccc1. The van der Waals surface area contributed by atoms with Crippen LogP contribution in [0.5, 0.6) is 0 Å². The summed E-state index contributed by atoms with van der Waals surface area (Å²) in [5, 5.41) is 9.66. The average molecular weight is 261 g/mol. The number of carbonyl (C=O) groups excluding carboxylic acids is 1. The van der Waals surface area contributed by atoms with Gasteiger partial charge in [-0.05, 0) is 5.56 Å². The Balaban J connectivity index is 1.94. The van der Waals surface area contributed by atoms with E-state index in [4.69, 9.17) is 4.74 Å². The van der Waals surface area contributed by atoms with E-state index in [9.17, 15) is 9.90 Å². The second-order valence-corrected chi connectivity index (χ2v) is 4.70. The second-order valence-electron chi connectivity index (χ2n) is 4.70. The Labute approximate surface area is 113 Å². The molecule has 0 amide bonds. The third-order valence-electron chi connectivity index (χ3n) is 3.30. The number of aliphatic hydroxyl groups excluding tert-OH is 1. The van der Waals surface area contributed by atoms with Crippen LogP contribution in [-0.4, -0.2) is 48.3 Å². The monoisotopic (exact) mass is 261 g/mol. The van der Waals surface area contributed by atoms with Gasteiger partial charge in [-0.1, -0.05) is 42.5 Å². The largest absolute Gasteiger partial charge is 0.468 e. The number of rotatable bonds is 4. The highest BCUT2D eigenvalue weighted by molar-refractivity contribution is 5.76. The van der Waals surface area contributed by atoms with Crippen molar-refractivity contribution in [3.63, 3.8) is 0 Å². The Morgan fingerprint density at radius 1 is 1.47 bits per heavy atom. The van der Waals surface area contributed by atoms with Crippen molar-refractivity contribution >= 4 is 12.0 Å². The first kappa shape index (κ1) is 13.8. The van der Waals surface area contributed by atoms with E-state index in [-0.39, 0.29) is 12.0 Å². The van der Waals surface area contributed by atoms with Crippen molar-refractivity contribution in [2.45, 2.75) is 18.6 Å². The molecule has 1 aliphatic heterocycles. The van der Waals surface area contributed by atoms with Gasteiger partial charge in [0.05, 0.1) is 13.2 Å². The van der Waals surface area contributed by atoms with Crippen molar-refractivity contribution in [3.05, 3.63) is 42.0 Å². The number of benzene rings is 1. The third-order valence-corrected chi connectivity index (χ3v) is 3.30. The molecule has 0 saturated carbocycles. The molecule has 1 fully saturated rings. The van der Waals surface area contributed by atoms with Gasteiger partial charge in [0.1, 0.15) is 6.04 Å². The Bertz CT molecular complexity index is 444. The molecule has 4 nitrogen and oxygen atoms in total. The first-order valence-corrected chi connectivity index (χ1v) is 6.42. The van der Waals surface area contributed by atoms with Gasteiger partial charge in [0.2, 0.25) is 0 Å². The van der Waals surface area contributed by atoms with Gasteiger partial charge in [0, 0.05) is 19.5 Å². The lowest BCUT2D eigenvalue weighted by Gasteiger charge is -2.19. The Morgan fingerprint density at radius 3 is 2.89 bits per heavy atom. The Morgan fingerprint density at radius 2 is 2.21 bits per heavy atom. The first-order chi connectivity index (χ1) is 9.20. The molecule has 19 heavy (non-hydrogen) atoms. The van der Waals surface area contributed by atoms with E-state index >= 15 is 0 Å². The summed E-state index contributed by atoms with van der Waals surface area (Å²) < 4.78 is 4.76. The second kappa shape index (κ2) is 6.50. The normalized spacial score (nSPS) is 23.9. The summed E-state index contributed by atoms with van der Waals surface area (Å²) in [5.74, 6) is -0.273. The van der Waals surface area contributed by atoms with Crippen LogP contribution in [0.4, 0.5) is 0 Å². The molecule has 4 heteroatoms. The summed E-state index contributed by atoms with van der Waals surface area (Å²) >= 11 is 0. The summed E-state index contributed by atoms with van der Waals surface area (Å²) in [7, 11) is 1.38. The lowest BCUT2D eigenvalue weighted by molar-refractivity contribution is -0.145. The van der Waals surface area contributed by atoms with E-state index < -0.39 is 6.10 Å². The molecule has 1 aromatic rings. The van der Waals surface area contributed by atoms with Gasteiger partial charge in [0.15, 0.2) is 0 Å². The molecule has 2 atom stereocenters. The topological polar surface area (TPSA) is 49.8 Å². The fraction of sp³-hybridized carbons (Fsp3) is 0.400. The van der Waals surface area contributed by atoms with E-state index in [2.05, 4.69) is 0 Å². The van der Waals surface area contributed by atoms with Crippen molar-refractivity contribution in [1.29, 1.82) is 0 Å². The van der Waals surface area contributed by atoms with Gasteiger partial charge in [0.25, 0.3) is 0 Å². The molecular formula is C15H19NO3. The number of hydrogen-bond donors (Lipinski definition) is 1. The molecule has 0 aromatic heterocycles. The summed E-state index contributed by atoms with van der Waals surface area (Å²) in [6, 6.07) is 9.65. The van der Waals surface area contributed by atoms with Gasteiger partial charge in [-0.25, -0.2) is 0 Å². The van der Waals surface area contributed by atoms with Crippen LogP contribution in [0.15, 0.2) is 36.4 Å². The average Bonchev–Trinajstić information content (AvgIpc) is 2.80. The van der Waals surface area contributed by atoms with Crippen molar-refractivity contribution in [1.82, 2.24) is 4.90 Å². The predicted molar refractivity (Wildman–Crippen MR) is 73.5 cm³/mol. The molecule has 2 rings (SSSR count). The number of ether oxygens (including phenoxy) is 1. The molecule has 102 valence electrons. The quantitative estimate of drug-likeness (QED) is 0.830. The number of carbonyl (C=O) groups is 1. The van der Waals surface area contributed by atoms with E-state index in [1.165, 1.54) is 7.11 Å². The Kier molecular flexibility index (Phi) is 4.71. The van der Waals surface area contributed by atoms with Gasteiger partial charge >= 0.3 is 5.97 Å². The minimum atomic E-state index is -0.450. The first-order valence-electron chi connectivity index (χ1n) is 6.42. The molecule has 1 aromatic carbocycles. The van der Waals surface area contributed by atoms with Gasteiger partial charge < -0.3 is 9.84 Å². The lowest BCUT2D eigenvalue weighted by atomic mass is 10.2. The Hall–Kier alpha value is -1.65. The minimum Gasteiger partial charge on any atom is -0.468 e. The third kappa shape index (κ3) is 3.66. The maximum absolute atomic E-state index is 11.6. The number of methoxy groups -OCH3 is 1. The van der Waals surface area contributed by atoms with Crippen LogP contribution >= 0.6 is 0 Å². The molecule has 1 heterocycles. The summed E-state index contributed by atoms with van der Waals surface area (Å²) in [6.07, 6.45) is 4.02. The number of likely N-dealkylation sites (tertiary alicyclic amines) is 1. The molecule has 1 saturated heterocycles.